The Balaban J connectivity index is 4.34. The van der Waals surface area contributed by atoms with E-state index < -0.39 is 6.83 Å². The molecule has 0 spiro atoms. The second-order valence-electron chi connectivity index (χ2n) is 4.94. The Bertz CT molecular complexity index is 241. The molecule has 0 N–H and O–H groups in total. The normalized spacial score (nSPS) is 13.8. The predicted molar refractivity (Wildman–Crippen MR) is 82.5 cm³/mol. The molecule has 0 atom stereocenters. The molecule has 0 unspecified atom stereocenters. The SMILES string of the molecule is CCP(CC)(CC)(CC)OC(=O)CCOCCOC. The summed E-state index contributed by atoms with van der Waals surface area (Å²) < 4.78 is 16.2. The summed E-state index contributed by atoms with van der Waals surface area (Å²) in [6, 6.07) is 0. The third-order valence-corrected chi connectivity index (χ3v) is 11.6. The Hall–Kier alpha value is -0.180. The first kappa shape index (κ1) is 18.8. The number of methoxy groups -OCH3 is 1. The summed E-state index contributed by atoms with van der Waals surface area (Å²) in [6.07, 6.45) is 4.25. The molecule has 0 heterocycles. The van der Waals surface area contributed by atoms with Crippen LogP contribution in [0.3, 0.4) is 0 Å². The third-order valence-electron chi connectivity index (χ3n) is 4.44. The molecule has 4 nitrogen and oxygen atoms in total. The number of hydrogen-bond acceptors (Lipinski definition) is 4. The molecule has 0 radical (unpaired) electrons. The van der Waals surface area contributed by atoms with Gasteiger partial charge in [0.1, 0.15) is 0 Å². The molecule has 0 aliphatic carbocycles. The number of rotatable bonds is 11. The number of carbonyl (C=O) groups is 1. The predicted octanol–water partition coefficient (Wildman–Crippen LogP) is 3.13. The fraction of sp³-hybridized carbons (Fsp3) is 0.929. The Morgan fingerprint density at radius 2 is 1.42 bits per heavy atom. The minimum atomic E-state index is -2.28. The maximum atomic E-state index is 12.0. The van der Waals surface area contributed by atoms with E-state index in [1.807, 2.05) is 0 Å². The summed E-state index contributed by atoms with van der Waals surface area (Å²) in [5.41, 5.74) is 0. The van der Waals surface area contributed by atoms with E-state index in [0.717, 1.165) is 24.6 Å². The molecule has 19 heavy (non-hydrogen) atoms. The second kappa shape index (κ2) is 8.89. The van der Waals surface area contributed by atoms with Crippen molar-refractivity contribution in [1.82, 2.24) is 0 Å². The molecule has 0 aromatic carbocycles. The van der Waals surface area contributed by atoms with Gasteiger partial charge < -0.3 is 0 Å². The molecule has 0 saturated heterocycles. The molecule has 0 saturated carbocycles. The van der Waals surface area contributed by atoms with Crippen LogP contribution in [0.15, 0.2) is 0 Å². The van der Waals surface area contributed by atoms with E-state index in [4.69, 9.17) is 14.0 Å². The van der Waals surface area contributed by atoms with Crippen LogP contribution in [0.2, 0.25) is 0 Å². The Morgan fingerprint density at radius 1 is 0.895 bits per heavy atom. The average molecular weight is 294 g/mol. The van der Waals surface area contributed by atoms with Gasteiger partial charge in [-0.25, -0.2) is 0 Å². The van der Waals surface area contributed by atoms with E-state index in [0.29, 0.717) is 26.2 Å². The van der Waals surface area contributed by atoms with E-state index in [1.54, 1.807) is 7.11 Å². The molecule has 0 rings (SSSR count). The van der Waals surface area contributed by atoms with Gasteiger partial charge in [-0.3, -0.25) is 0 Å². The summed E-state index contributed by atoms with van der Waals surface area (Å²) in [4.78, 5) is 12.0. The topological polar surface area (TPSA) is 44.8 Å². The van der Waals surface area contributed by atoms with Crippen molar-refractivity contribution in [2.24, 2.45) is 0 Å². The molecule has 0 aliphatic heterocycles. The van der Waals surface area contributed by atoms with Crippen molar-refractivity contribution >= 4 is 12.8 Å². The fourth-order valence-electron chi connectivity index (χ4n) is 2.33. The van der Waals surface area contributed by atoms with Crippen LogP contribution in [0.5, 0.6) is 0 Å². The zero-order valence-electron chi connectivity index (χ0n) is 13.2. The maximum absolute atomic E-state index is 12.0. The summed E-state index contributed by atoms with van der Waals surface area (Å²) in [5.74, 6) is -0.109. The van der Waals surface area contributed by atoms with Crippen molar-refractivity contribution in [3.63, 3.8) is 0 Å². The summed E-state index contributed by atoms with van der Waals surface area (Å²) in [7, 11) is 1.63. The summed E-state index contributed by atoms with van der Waals surface area (Å²) >= 11 is 0. The van der Waals surface area contributed by atoms with E-state index >= 15 is 0 Å². The van der Waals surface area contributed by atoms with Crippen molar-refractivity contribution in [3.8, 4) is 0 Å². The zero-order chi connectivity index (χ0) is 14.8. The Morgan fingerprint density at radius 3 is 1.84 bits per heavy atom. The minimum absolute atomic E-state index is 0.109. The first-order valence-corrected chi connectivity index (χ1v) is 10.2. The fourth-order valence-corrected chi connectivity index (χ4v) is 6.20. The third kappa shape index (κ3) is 5.37. The quantitative estimate of drug-likeness (QED) is 0.434. The molecule has 0 bridgehead atoms. The zero-order valence-corrected chi connectivity index (χ0v) is 14.1. The van der Waals surface area contributed by atoms with Gasteiger partial charge in [-0.2, -0.15) is 0 Å². The van der Waals surface area contributed by atoms with Crippen LogP contribution < -0.4 is 0 Å². The monoisotopic (exact) mass is 294 g/mol. The van der Waals surface area contributed by atoms with Crippen LogP contribution >= 0.6 is 6.83 Å². The van der Waals surface area contributed by atoms with E-state index in [9.17, 15) is 4.79 Å². The number of ether oxygens (including phenoxy) is 2. The van der Waals surface area contributed by atoms with Gasteiger partial charge in [0.05, 0.1) is 0 Å². The van der Waals surface area contributed by atoms with Crippen LogP contribution in [-0.2, 0) is 18.8 Å². The number of carbonyl (C=O) groups excluding carboxylic acids is 1. The van der Waals surface area contributed by atoms with Gasteiger partial charge in [-0.1, -0.05) is 0 Å². The summed E-state index contributed by atoms with van der Waals surface area (Å²) in [5, 5.41) is 0. The standard InChI is InChI=1S/C14H31O4P/c1-6-19(7-2,8-3,9-4)18-14(15)10-11-17-13-12-16-5/h6-13H2,1-5H3. The van der Waals surface area contributed by atoms with Gasteiger partial charge in [0.15, 0.2) is 0 Å². The van der Waals surface area contributed by atoms with Crippen molar-refractivity contribution in [2.45, 2.75) is 34.1 Å². The van der Waals surface area contributed by atoms with Gasteiger partial charge in [-0.05, 0) is 0 Å². The van der Waals surface area contributed by atoms with Crippen LogP contribution in [0.1, 0.15) is 34.1 Å². The van der Waals surface area contributed by atoms with Crippen molar-refractivity contribution in [2.75, 3.05) is 51.6 Å². The molecule has 0 amide bonds. The van der Waals surface area contributed by atoms with Gasteiger partial charge in [0, 0.05) is 0 Å². The van der Waals surface area contributed by atoms with Crippen LogP contribution in [0, 0.1) is 0 Å². The average Bonchev–Trinajstić information content (AvgIpc) is 2.45. The van der Waals surface area contributed by atoms with Crippen LogP contribution in [0.4, 0.5) is 0 Å². The van der Waals surface area contributed by atoms with Gasteiger partial charge in [-0.15, -0.1) is 0 Å². The molecule has 0 aromatic rings. The number of hydrogen-bond donors (Lipinski definition) is 0. The Kier molecular flexibility index (Phi) is 8.80. The molecular weight excluding hydrogens is 263 g/mol. The van der Waals surface area contributed by atoms with E-state index in [-0.39, 0.29) is 5.97 Å². The van der Waals surface area contributed by atoms with Crippen molar-refractivity contribution in [3.05, 3.63) is 0 Å². The molecular formula is C14H31O4P. The van der Waals surface area contributed by atoms with Gasteiger partial charge >= 0.3 is 117 Å². The second-order valence-corrected chi connectivity index (χ2v) is 11.4. The van der Waals surface area contributed by atoms with Gasteiger partial charge in [0.25, 0.3) is 0 Å². The molecule has 0 fully saturated rings. The summed E-state index contributed by atoms with van der Waals surface area (Å²) in [6.45, 7) is 7.81. The van der Waals surface area contributed by atoms with Gasteiger partial charge in [0.2, 0.25) is 0 Å². The molecule has 0 aromatic heterocycles. The molecule has 5 heteroatoms. The molecule has 0 aliphatic rings. The van der Waals surface area contributed by atoms with Crippen molar-refractivity contribution in [1.29, 1.82) is 0 Å². The Labute approximate surface area is 118 Å². The van der Waals surface area contributed by atoms with E-state index in [2.05, 4.69) is 27.7 Å². The first-order chi connectivity index (χ1) is 9.01. The first-order valence-electron chi connectivity index (χ1n) is 7.31. The van der Waals surface area contributed by atoms with Crippen LogP contribution in [-0.4, -0.2) is 57.5 Å². The van der Waals surface area contributed by atoms with Crippen molar-refractivity contribution < 1.29 is 18.8 Å². The molecule has 116 valence electrons. The van der Waals surface area contributed by atoms with E-state index in [1.165, 1.54) is 0 Å². The van der Waals surface area contributed by atoms with Crippen LogP contribution in [0.25, 0.3) is 0 Å².